The summed E-state index contributed by atoms with van der Waals surface area (Å²) in [6.07, 6.45) is 1.82. The van der Waals surface area contributed by atoms with Gasteiger partial charge in [0.2, 0.25) is 0 Å². The van der Waals surface area contributed by atoms with E-state index in [4.69, 9.17) is 0 Å². The van der Waals surface area contributed by atoms with E-state index in [-0.39, 0.29) is 18.2 Å². The van der Waals surface area contributed by atoms with Crippen molar-refractivity contribution in [3.63, 3.8) is 0 Å². The van der Waals surface area contributed by atoms with Gasteiger partial charge in [-0.3, -0.25) is 9.79 Å². The first-order valence-corrected chi connectivity index (χ1v) is 11.6. The predicted octanol–water partition coefficient (Wildman–Crippen LogP) is 1.86. The standard InChI is InChI=1S/C21H27FN4O3S/c1-23-21(25-12-6-11-24-20(27)16-7-4-3-5-8-16)26-14-18-13-19(22)10-9-17(18)15-30(2,28)29/h3-5,7-10,13H,6,11-12,14-15H2,1-2H3,(H,24,27)(H2,23,25,26). The predicted molar refractivity (Wildman–Crippen MR) is 117 cm³/mol. The Morgan fingerprint density at radius 1 is 1.00 bits per heavy atom. The minimum Gasteiger partial charge on any atom is -0.356 e. The number of carbonyl (C=O) groups is 1. The summed E-state index contributed by atoms with van der Waals surface area (Å²) in [6, 6.07) is 13.0. The second-order valence-electron chi connectivity index (χ2n) is 6.81. The molecule has 2 rings (SSSR count). The molecule has 0 atom stereocenters. The fourth-order valence-electron chi connectivity index (χ4n) is 2.77. The highest BCUT2D eigenvalue weighted by molar-refractivity contribution is 7.89. The molecule has 1 amide bonds. The molecule has 162 valence electrons. The summed E-state index contributed by atoms with van der Waals surface area (Å²) in [5, 5.41) is 9.01. The first-order valence-electron chi connectivity index (χ1n) is 9.51. The van der Waals surface area contributed by atoms with E-state index in [1.165, 1.54) is 18.2 Å². The quantitative estimate of drug-likeness (QED) is 0.318. The number of halogens is 1. The van der Waals surface area contributed by atoms with Crippen LogP contribution in [0.5, 0.6) is 0 Å². The van der Waals surface area contributed by atoms with Gasteiger partial charge in [-0.1, -0.05) is 24.3 Å². The Hall–Kier alpha value is -2.94. The van der Waals surface area contributed by atoms with Crippen LogP contribution in [0.4, 0.5) is 4.39 Å². The Kier molecular flexibility index (Phi) is 8.79. The lowest BCUT2D eigenvalue weighted by atomic mass is 10.1. The minimum atomic E-state index is -3.23. The fourth-order valence-corrected chi connectivity index (χ4v) is 3.62. The largest absolute Gasteiger partial charge is 0.356 e. The number of rotatable bonds is 9. The number of aliphatic imine (C=N–C) groups is 1. The zero-order valence-electron chi connectivity index (χ0n) is 17.1. The Morgan fingerprint density at radius 3 is 2.37 bits per heavy atom. The number of carbonyl (C=O) groups excluding carboxylic acids is 1. The molecule has 30 heavy (non-hydrogen) atoms. The SMILES string of the molecule is CN=C(NCCCNC(=O)c1ccccc1)NCc1cc(F)ccc1CS(C)(=O)=O. The van der Waals surface area contributed by atoms with Gasteiger partial charge in [0.05, 0.1) is 5.75 Å². The van der Waals surface area contributed by atoms with E-state index in [0.717, 1.165) is 6.26 Å². The molecular weight excluding hydrogens is 407 g/mol. The van der Waals surface area contributed by atoms with Crippen molar-refractivity contribution < 1.29 is 17.6 Å². The van der Waals surface area contributed by atoms with E-state index in [1.54, 1.807) is 19.2 Å². The zero-order valence-corrected chi connectivity index (χ0v) is 17.9. The molecule has 9 heteroatoms. The van der Waals surface area contributed by atoms with Crippen molar-refractivity contribution in [3.8, 4) is 0 Å². The summed E-state index contributed by atoms with van der Waals surface area (Å²) < 4.78 is 36.8. The van der Waals surface area contributed by atoms with Crippen molar-refractivity contribution in [2.75, 3.05) is 26.4 Å². The lowest BCUT2D eigenvalue weighted by molar-refractivity contribution is 0.0953. The van der Waals surface area contributed by atoms with E-state index >= 15 is 0 Å². The molecule has 0 aromatic heterocycles. The third kappa shape index (κ3) is 8.20. The number of benzene rings is 2. The highest BCUT2D eigenvalue weighted by Gasteiger charge is 2.11. The summed E-state index contributed by atoms with van der Waals surface area (Å²) in [5.41, 5.74) is 1.71. The van der Waals surface area contributed by atoms with Crippen LogP contribution in [0.25, 0.3) is 0 Å². The van der Waals surface area contributed by atoms with Crippen LogP contribution < -0.4 is 16.0 Å². The molecule has 3 N–H and O–H groups in total. The second kappa shape index (κ2) is 11.3. The molecule has 0 heterocycles. The Balaban J connectivity index is 1.79. The number of nitrogens with zero attached hydrogens (tertiary/aromatic N) is 1. The first kappa shape index (κ1) is 23.3. The molecule has 0 aliphatic rings. The Labute approximate surface area is 176 Å². The second-order valence-corrected chi connectivity index (χ2v) is 8.95. The molecule has 7 nitrogen and oxygen atoms in total. The Bertz CT molecular complexity index is 979. The monoisotopic (exact) mass is 434 g/mol. The van der Waals surface area contributed by atoms with Gasteiger partial charge in [-0.15, -0.1) is 0 Å². The summed E-state index contributed by atoms with van der Waals surface area (Å²) in [4.78, 5) is 16.1. The van der Waals surface area contributed by atoms with E-state index in [0.29, 0.717) is 42.2 Å². The molecule has 0 radical (unpaired) electrons. The zero-order chi connectivity index (χ0) is 22.0. The number of nitrogens with one attached hydrogen (secondary N) is 3. The highest BCUT2D eigenvalue weighted by Crippen LogP contribution is 2.14. The van der Waals surface area contributed by atoms with E-state index < -0.39 is 15.7 Å². The van der Waals surface area contributed by atoms with Gasteiger partial charge in [0.25, 0.3) is 5.91 Å². The van der Waals surface area contributed by atoms with Gasteiger partial charge in [-0.25, -0.2) is 12.8 Å². The highest BCUT2D eigenvalue weighted by atomic mass is 32.2. The molecule has 2 aromatic carbocycles. The van der Waals surface area contributed by atoms with Gasteiger partial charge in [-0.05, 0) is 41.8 Å². The molecule has 0 aliphatic carbocycles. The molecule has 0 aliphatic heterocycles. The summed E-state index contributed by atoms with van der Waals surface area (Å²) >= 11 is 0. The van der Waals surface area contributed by atoms with Crippen molar-refractivity contribution in [1.29, 1.82) is 0 Å². The van der Waals surface area contributed by atoms with E-state index in [1.807, 2.05) is 18.2 Å². The van der Waals surface area contributed by atoms with Crippen LogP contribution in [0.15, 0.2) is 53.5 Å². The van der Waals surface area contributed by atoms with Gasteiger partial charge in [0.1, 0.15) is 5.82 Å². The van der Waals surface area contributed by atoms with Crippen molar-refractivity contribution in [2.24, 2.45) is 4.99 Å². The molecule has 0 unspecified atom stereocenters. The van der Waals surface area contributed by atoms with Gasteiger partial charge >= 0.3 is 0 Å². The maximum atomic E-state index is 13.6. The molecule has 0 bridgehead atoms. The summed E-state index contributed by atoms with van der Waals surface area (Å²) in [7, 11) is -1.63. The molecule has 0 saturated heterocycles. The number of amides is 1. The number of sulfone groups is 1. The van der Waals surface area contributed by atoms with Gasteiger partial charge in [0, 0.05) is 38.5 Å². The summed E-state index contributed by atoms with van der Waals surface area (Å²) in [6.45, 7) is 1.29. The fraction of sp³-hybridized carbons (Fsp3) is 0.333. The van der Waals surface area contributed by atoms with Crippen LogP contribution in [0.1, 0.15) is 27.9 Å². The lowest BCUT2D eigenvalue weighted by Crippen LogP contribution is -2.38. The van der Waals surface area contributed by atoms with Crippen LogP contribution in [0.2, 0.25) is 0 Å². The normalized spacial score (nSPS) is 11.8. The smallest absolute Gasteiger partial charge is 0.251 e. The van der Waals surface area contributed by atoms with E-state index in [9.17, 15) is 17.6 Å². The van der Waals surface area contributed by atoms with Crippen molar-refractivity contribution in [2.45, 2.75) is 18.7 Å². The van der Waals surface area contributed by atoms with E-state index in [2.05, 4.69) is 20.9 Å². The van der Waals surface area contributed by atoms with Gasteiger partial charge < -0.3 is 16.0 Å². The van der Waals surface area contributed by atoms with Crippen LogP contribution in [0.3, 0.4) is 0 Å². The van der Waals surface area contributed by atoms with Crippen molar-refractivity contribution >= 4 is 21.7 Å². The van der Waals surface area contributed by atoms with Gasteiger partial charge in [-0.2, -0.15) is 0 Å². The third-order valence-corrected chi connectivity index (χ3v) is 5.06. The molecule has 2 aromatic rings. The maximum absolute atomic E-state index is 13.6. The first-order chi connectivity index (χ1) is 14.3. The summed E-state index contributed by atoms with van der Waals surface area (Å²) in [5.74, 6) is -0.208. The molecule has 0 saturated carbocycles. The number of hydrogen-bond donors (Lipinski definition) is 3. The topological polar surface area (TPSA) is 99.7 Å². The third-order valence-electron chi connectivity index (χ3n) is 4.22. The molecular formula is C21H27FN4O3S. The number of hydrogen-bond acceptors (Lipinski definition) is 4. The average molecular weight is 435 g/mol. The minimum absolute atomic E-state index is 0.123. The van der Waals surface area contributed by atoms with Crippen molar-refractivity contribution in [3.05, 3.63) is 71.0 Å². The maximum Gasteiger partial charge on any atom is 0.251 e. The molecule has 0 fully saturated rings. The van der Waals surface area contributed by atoms with Crippen LogP contribution in [0, 0.1) is 5.82 Å². The molecule has 0 spiro atoms. The number of guanidine groups is 1. The van der Waals surface area contributed by atoms with Gasteiger partial charge in [0.15, 0.2) is 15.8 Å². The Morgan fingerprint density at radius 2 is 1.70 bits per heavy atom. The lowest BCUT2D eigenvalue weighted by Gasteiger charge is -2.14. The van der Waals surface area contributed by atoms with Crippen LogP contribution in [-0.4, -0.2) is 46.7 Å². The van der Waals surface area contributed by atoms with Crippen LogP contribution in [-0.2, 0) is 22.1 Å². The average Bonchev–Trinajstić information content (AvgIpc) is 2.71. The van der Waals surface area contributed by atoms with Crippen molar-refractivity contribution in [1.82, 2.24) is 16.0 Å². The van der Waals surface area contributed by atoms with Crippen LogP contribution >= 0.6 is 0 Å².